The highest BCUT2D eigenvalue weighted by Gasteiger charge is 2.21. The molecule has 1 atom stereocenters. The van der Waals surface area contributed by atoms with Crippen LogP contribution in [0.4, 0.5) is 5.69 Å². The molecule has 0 fully saturated rings. The average Bonchev–Trinajstić information content (AvgIpc) is 2.71. The summed E-state index contributed by atoms with van der Waals surface area (Å²) in [6.07, 6.45) is 1.59. The minimum atomic E-state index is -1.57. The topological polar surface area (TPSA) is 108 Å². The number of amides is 1. The summed E-state index contributed by atoms with van der Waals surface area (Å²) in [5.74, 6) is -2.11. The number of anilines is 1. The molecule has 6 nitrogen and oxygen atoms in total. The molecule has 1 amide bonds. The van der Waals surface area contributed by atoms with Gasteiger partial charge < -0.3 is 21.1 Å². The van der Waals surface area contributed by atoms with Crippen molar-refractivity contribution < 1.29 is 14.7 Å². The lowest BCUT2D eigenvalue weighted by Gasteiger charge is -2.06. The molecule has 5 N–H and O–H groups in total. The molecule has 0 saturated carbocycles. The lowest BCUT2D eigenvalue weighted by atomic mass is 10.2. The molecular weight excluding hydrogens is 222 g/mol. The Labute approximate surface area is 96.4 Å². The highest BCUT2D eigenvalue weighted by molar-refractivity contribution is 6.10. The Hall–Kier alpha value is -2.34. The van der Waals surface area contributed by atoms with Gasteiger partial charge in [-0.25, -0.2) is 4.79 Å². The van der Waals surface area contributed by atoms with Crippen molar-refractivity contribution in [3.63, 3.8) is 0 Å². The van der Waals surface area contributed by atoms with Gasteiger partial charge in [0.1, 0.15) is 0 Å². The number of carbonyl (C=O) groups excluding carboxylic acids is 1. The van der Waals surface area contributed by atoms with Crippen LogP contribution in [0.25, 0.3) is 10.9 Å². The first-order chi connectivity index (χ1) is 8.09. The van der Waals surface area contributed by atoms with E-state index < -0.39 is 17.9 Å². The molecule has 6 heteroatoms. The molecule has 1 aromatic heterocycles. The number of H-pyrrole nitrogens is 1. The quantitative estimate of drug-likeness (QED) is 0.579. The summed E-state index contributed by atoms with van der Waals surface area (Å²) >= 11 is 0. The Morgan fingerprint density at radius 2 is 2.06 bits per heavy atom. The summed E-state index contributed by atoms with van der Waals surface area (Å²) < 4.78 is 0. The highest BCUT2D eigenvalue weighted by atomic mass is 16.4. The van der Waals surface area contributed by atoms with Gasteiger partial charge in [-0.3, -0.25) is 4.79 Å². The number of carbonyl (C=O) groups is 2. The highest BCUT2D eigenvalue weighted by Crippen LogP contribution is 2.22. The number of aliphatic carboxylic acids is 1. The van der Waals surface area contributed by atoms with E-state index in [0.29, 0.717) is 5.69 Å². The normalized spacial score (nSPS) is 12.3. The second-order valence-electron chi connectivity index (χ2n) is 3.55. The molecule has 2 rings (SSSR count). The molecule has 0 bridgehead atoms. The van der Waals surface area contributed by atoms with E-state index >= 15 is 0 Å². The number of hydrogen-bond acceptors (Lipinski definition) is 3. The van der Waals surface area contributed by atoms with Crippen LogP contribution >= 0.6 is 0 Å². The molecule has 2 aromatic rings. The van der Waals surface area contributed by atoms with Crippen LogP contribution in [0.1, 0.15) is 0 Å². The van der Waals surface area contributed by atoms with Gasteiger partial charge in [0, 0.05) is 17.1 Å². The molecule has 0 radical (unpaired) electrons. The monoisotopic (exact) mass is 233 g/mol. The summed E-state index contributed by atoms with van der Waals surface area (Å²) in [4.78, 5) is 25.0. The van der Waals surface area contributed by atoms with E-state index in [1.807, 2.05) is 24.3 Å². The van der Waals surface area contributed by atoms with Gasteiger partial charge in [0.15, 0.2) is 6.04 Å². The van der Waals surface area contributed by atoms with Crippen molar-refractivity contribution >= 4 is 28.5 Å². The minimum absolute atomic E-state index is 0.516. The molecule has 17 heavy (non-hydrogen) atoms. The smallest absolute Gasteiger partial charge is 0.330 e. The second kappa shape index (κ2) is 4.26. The number of carboxylic acid groups (broad SMARTS) is 1. The molecule has 0 aliphatic heterocycles. The maximum Gasteiger partial charge on any atom is 0.330 e. The third-order valence-electron chi connectivity index (χ3n) is 2.40. The maximum atomic E-state index is 11.5. The molecular formula is C11H11N3O3. The standard InChI is InChI=1S/C11H11N3O3/c12-9(11(16)17)10(15)14-8-5-13-7-4-2-1-3-6(7)8/h1-5,9,13H,12H2,(H,14,15)(H,16,17). The van der Waals surface area contributed by atoms with Crippen LogP contribution in [0.3, 0.4) is 0 Å². The summed E-state index contributed by atoms with van der Waals surface area (Å²) in [5, 5.41) is 11.9. The van der Waals surface area contributed by atoms with Crippen molar-refractivity contribution in [1.29, 1.82) is 0 Å². The number of benzene rings is 1. The van der Waals surface area contributed by atoms with Gasteiger partial charge in [-0.05, 0) is 6.07 Å². The first kappa shape index (κ1) is 11.2. The van der Waals surface area contributed by atoms with Gasteiger partial charge in [0.05, 0.1) is 5.69 Å². The Bertz CT molecular complexity index is 576. The number of aromatic nitrogens is 1. The summed E-state index contributed by atoms with van der Waals surface area (Å²) in [6.45, 7) is 0. The maximum absolute atomic E-state index is 11.5. The van der Waals surface area contributed by atoms with Crippen LogP contribution in [0.5, 0.6) is 0 Å². The van der Waals surface area contributed by atoms with E-state index in [9.17, 15) is 9.59 Å². The predicted molar refractivity (Wildman–Crippen MR) is 62.5 cm³/mol. The molecule has 0 saturated heterocycles. The van der Waals surface area contributed by atoms with Gasteiger partial charge in [-0.15, -0.1) is 0 Å². The van der Waals surface area contributed by atoms with Crippen molar-refractivity contribution in [3.05, 3.63) is 30.5 Å². The van der Waals surface area contributed by atoms with Gasteiger partial charge in [-0.2, -0.15) is 0 Å². The lowest BCUT2D eigenvalue weighted by molar-refractivity contribution is -0.141. The molecule has 0 spiro atoms. The zero-order valence-corrected chi connectivity index (χ0v) is 8.81. The van der Waals surface area contributed by atoms with E-state index in [1.54, 1.807) is 6.20 Å². The number of carboxylic acids is 1. The Morgan fingerprint density at radius 3 is 2.76 bits per heavy atom. The summed E-state index contributed by atoms with van der Waals surface area (Å²) in [5.41, 5.74) is 6.57. The van der Waals surface area contributed by atoms with Crippen LogP contribution in [0, 0.1) is 0 Å². The van der Waals surface area contributed by atoms with E-state index in [-0.39, 0.29) is 0 Å². The van der Waals surface area contributed by atoms with Crippen molar-refractivity contribution in [3.8, 4) is 0 Å². The minimum Gasteiger partial charge on any atom is -0.480 e. The largest absolute Gasteiger partial charge is 0.480 e. The molecule has 0 aliphatic carbocycles. The van der Waals surface area contributed by atoms with Crippen LogP contribution in [-0.4, -0.2) is 28.0 Å². The molecule has 1 heterocycles. The summed E-state index contributed by atoms with van der Waals surface area (Å²) in [6, 6.07) is 5.77. The van der Waals surface area contributed by atoms with Gasteiger partial charge in [-0.1, -0.05) is 18.2 Å². The fraction of sp³-hybridized carbons (Fsp3) is 0.0909. The SMILES string of the molecule is NC(C(=O)O)C(=O)Nc1c[nH]c2ccccc12. The zero-order valence-electron chi connectivity index (χ0n) is 8.81. The second-order valence-corrected chi connectivity index (χ2v) is 3.55. The van der Waals surface area contributed by atoms with Crippen molar-refractivity contribution in [2.75, 3.05) is 5.32 Å². The number of para-hydroxylation sites is 1. The van der Waals surface area contributed by atoms with Crippen molar-refractivity contribution in [2.45, 2.75) is 6.04 Å². The van der Waals surface area contributed by atoms with Crippen LogP contribution < -0.4 is 11.1 Å². The Morgan fingerprint density at radius 1 is 1.35 bits per heavy atom. The Kier molecular flexibility index (Phi) is 2.80. The third-order valence-corrected chi connectivity index (χ3v) is 2.40. The number of rotatable bonds is 3. The van der Waals surface area contributed by atoms with Gasteiger partial charge in [0.2, 0.25) is 0 Å². The fourth-order valence-electron chi connectivity index (χ4n) is 1.50. The van der Waals surface area contributed by atoms with Gasteiger partial charge >= 0.3 is 5.97 Å². The molecule has 1 aromatic carbocycles. The van der Waals surface area contributed by atoms with Crippen LogP contribution in [-0.2, 0) is 9.59 Å². The van der Waals surface area contributed by atoms with Gasteiger partial charge in [0.25, 0.3) is 5.91 Å². The van der Waals surface area contributed by atoms with Crippen molar-refractivity contribution in [2.24, 2.45) is 5.73 Å². The van der Waals surface area contributed by atoms with Crippen LogP contribution in [0.2, 0.25) is 0 Å². The number of fused-ring (bicyclic) bond motifs is 1. The third kappa shape index (κ3) is 2.11. The lowest BCUT2D eigenvalue weighted by Crippen LogP contribution is -2.42. The molecule has 1 unspecified atom stereocenters. The Balaban J connectivity index is 2.24. The molecule has 88 valence electrons. The number of hydrogen-bond donors (Lipinski definition) is 4. The van der Waals surface area contributed by atoms with E-state index in [2.05, 4.69) is 10.3 Å². The van der Waals surface area contributed by atoms with E-state index in [0.717, 1.165) is 10.9 Å². The van der Waals surface area contributed by atoms with E-state index in [1.165, 1.54) is 0 Å². The number of nitrogens with one attached hydrogen (secondary N) is 2. The predicted octanol–water partition coefficient (Wildman–Crippen LogP) is 0.518. The zero-order chi connectivity index (χ0) is 12.4. The number of nitrogens with two attached hydrogens (primary N) is 1. The summed E-state index contributed by atoms with van der Waals surface area (Å²) in [7, 11) is 0. The average molecular weight is 233 g/mol. The van der Waals surface area contributed by atoms with E-state index in [4.69, 9.17) is 10.8 Å². The molecule has 0 aliphatic rings. The number of aromatic amines is 1. The van der Waals surface area contributed by atoms with Crippen LogP contribution in [0.15, 0.2) is 30.5 Å². The fourth-order valence-corrected chi connectivity index (χ4v) is 1.50. The first-order valence-corrected chi connectivity index (χ1v) is 4.95. The first-order valence-electron chi connectivity index (χ1n) is 4.95. The van der Waals surface area contributed by atoms with Crippen molar-refractivity contribution in [1.82, 2.24) is 4.98 Å².